The first-order valence-electron chi connectivity index (χ1n) is 11.3. The fourth-order valence-corrected chi connectivity index (χ4v) is 6.20. The van der Waals surface area contributed by atoms with Crippen molar-refractivity contribution in [2.45, 2.75) is 62.4 Å². The van der Waals surface area contributed by atoms with Crippen molar-refractivity contribution < 1.29 is 30.7 Å². The Hall–Kier alpha value is -3.07. The smallest absolute Gasteiger partial charge is 0.220 e. The van der Waals surface area contributed by atoms with Gasteiger partial charge in [-0.2, -0.15) is 27.1 Å². The van der Waals surface area contributed by atoms with E-state index in [-0.39, 0.29) is 5.82 Å². The lowest BCUT2D eigenvalue weighted by atomic mass is 10.1. The van der Waals surface area contributed by atoms with Gasteiger partial charge in [-0.1, -0.05) is 33.7 Å². The number of aryl methyl sites for hydroxylation is 4. The molecule has 0 amide bonds. The van der Waals surface area contributed by atoms with Crippen molar-refractivity contribution in [3.05, 3.63) is 70.8 Å². The van der Waals surface area contributed by atoms with Crippen LogP contribution in [0.3, 0.4) is 0 Å². The minimum atomic E-state index is -5.82. The summed E-state index contributed by atoms with van der Waals surface area (Å²) >= 11 is 0. The summed E-state index contributed by atoms with van der Waals surface area (Å²) in [6.45, 7) is 7.31. The van der Waals surface area contributed by atoms with Gasteiger partial charge in [0.2, 0.25) is 12.2 Å². The maximum Gasteiger partial charge on any atom is 0.461 e. The molecule has 2 heterocycles. The summed E-state index contributed by atoms with van der Waals surface area (Å²) in [6.07, 6.45) is -6.73. The van der Waals surface area contributed by atoms with Crippen molar-refractivity contribution in [2.75, 3.05) is 0 Å². The molecule has 0 atom stereocenters. The highest BCUT2D eigenvalue weighted by atomic mass is 33.1. The lowest BCUT2D eigenvalue weighted by molar-refractivity contribution is -0.292. The number of aromatic nitrogens is 6. The van der Waals surface area contributed by atoms with Gasteiger partial charge in [0.25, 0.3) is 0 Å². The summed E-state index contributed by atoms with van der Waals surface area (Å²) < 4.78 is 93.4. The predicted octanol–water partition coefficient (Wildman–Crippen LogP) is 7.34. The molecule has 0 bridgehead atoms. The van der Waals surface area contributed by atoms with Gasteiger partial charge in [0.1, 0.15) is 12.7 Å². The van der Waals surface area contributed by atoms with Crippen LogP contribution in [-0.2, 0) is 12.3 Å². The quantitative estimate of drug-likeness (QED) is 0.158. The van der Waals surface area contributed by atoms with Crippen molar-refractivity contribution in [1.82, 2.24) is 29.5 Å². The Morgan fingerprint density at radius 2 is 1.21 bits per heavy atom. The fraction of sp³-hybridized carbons (Fsp3) is 0.333. The number of halogens is 7. The van der Waals surface area contributed by atoms with Gasteiger partial charge < -0.3 is 0 Å². The average molecular weight is 591 g/mol. The molecule has 0 aliphatic carbocycles. The molecule has 0 N–H and O–H groups in total. The Balaban J connectivity index is 1.60. The van der Waals surface area contributed by atoms with Crippen LogP contribution >= 0.6 is 21.6 Å². The summed E-state index contributed by atoms with van der Waals surface area (Å²) in [4.78, 5) is 8.73. The highest BCUT2D eigenvalue weighted by molar-refractivity contribution is 8.76. The zero-order valence-electron chi connectivity index (χ0n) is 20.9. The van der Waals surface area contributed by atoms with Crippen molar-refractivity contribution in [3.63, 3.8) is 0 Å². The summed E-state index contributed by atoms with van der Waals surface area (Å²) in [7, 11) is 2.75. The van der Waals surface area contributed by atoms with Crippen molar-refractivity contribution in [2.24, 2.45) is 0 Å². The van der Waals surface area contributed by atoms with Crippen LogP contribution in [0.2, 0.25) is 0 Å². The van der Waals surface area contributed by atoms with E-state index < -0.39 is 30.8 Å². The van der Waals surface area contributed by atoms with Crippen LogP contribution in [0.25, 0.3) is 11.4 Å². The van der Waals surface area contributed by atoms with Gasteiger partial charge in [-0.05, 0) is 62.1 Å². The second kappa shape index (κ2) is 10.8. The van der Waals surface area contributed by atoms with Crippen LogP contribution in [0.5, 0.6) is 0 Å². The van der Waals surface area contributed by atoms with E-state index in [0.29, 0.717) is 16.9 Å². The van der Waals surface area contributed by atoms with E-state index in [1.807, 2.05) is 32.9 Å². The Bertz CT molecular complexity index is 1500. The SMILES string of the molecule is Cc1cc(C)c(-n2cnc(CC(F)F)n2)cc1SSc1cc(-n2cnc(C(F)(F)C(F)(F)F)n2)c(C)cc1C. The predicted molar refractivity (Wildman–Crippen MR) is 133 cm³/mol. The number of hydrogen-bond acceptors (Lipinski definition) is 6. The van der Waals surface area contributed by atoms with Crippen molar-refractivity contribution in [1.29, 1.82) is 0 Å². The van der Waals surface area contributed by atoms with Gasteiger partial charge in [0, 0.05) is 9.79 Å². The molecule has 0 aliphatic heterocycles. The molecule has 4 rings (SSSR count). The molecule has 4 aromatic rings. The van der Waals surface area contributed by atoms with E-state index in [1.165, 1.54) is 32.6 Å². The Kier molecular flexibility index (Phi) is 8.03. The minimum Gasteiger partial charge on any atom is -0.220 e. The van der Waals surface area contributed by atoms with Crippen LogP contribution in [0, 0.1) is 27.7 Å². The van der Waals surface area contributed by atoms with Crippen LogP contribution in [0.1, 0.15) is 33.9 Å². The first-order chi connectivity index (χ1) is 18.2. The zero-order chi connectivity index (χ0) is 28.7. The third-order valence-electron chi connectivity index (χ3n) is 5.71. The molecule has 0 radical (unpaired) electrons. The van der Waals surface area contributed by atoms with Crippen molar-refractivity contribution >= 4 is 21.6 Å². The topological polar surface area (TPSA) is 61.4 Å². The third kappa shape index (κ3) is 6.08. The molecule has 0 spiro atoms. The van der Waals surface area contributed by atoms with E-state index in [4.69, 9.17) is 0 Å². The normalized spacial score (nSPS) is 12.5. The number of benzene rings is 2. The van der Waals surface area contributed by atoms with Crippen LogP contribution < -0.4 is 0 Å². The lowest BCUT2D eigenvalue weighted by Crippen LogP contribution is -2.34. The summed E-state index contributed by atoms with van der Waals surface area (Å²) in [5, 5.41) is 7.56. The highest BCUT2D eigenvalue weighted by Gasteiger charge is 2.61. The number of rotatable bonds is 8. The number of alkyl halides is 7. The van der Waals surface area contributed by atoms with Crippen molar-refractivity contribution in [3.8, 4) is 11.4 Å². The number of hydrogen-bond donors (Lipinski definition) is 0. The van der Waals surface area contributed by atoms with E-state index in [9.17, 15) is 30.7 Å². The molecule has 0 saturated carbocycles. The summed E-state index contributed by atoms with van der Waals surface area (Å²) in [5.74, 6) is -6.79. The second-order valence-electron chi connectivity index (χ2n) is 8.76. The number of nitrogens with zero attached hydrogens (tertiary/aromatic N) is 6. The maximum absolute atomic E-state index is 13.7. The van der Waals surface area contributed by atoms with E-state index >= 15 is 0 Å². The summed E-state index contributed by atoms with van der Waals surface area (Å²) in [5.41, 5.74) is 4.24. The fourth-order valence-electron chi connectivity index (χ4n) is 3.70. The van der Waals surface area contributed by atoms with Crippen LogP contribution in [-0.4, -0.2) is 42.1 Å². The monoisotopic (exact) mass is 590 g/mol. The molecule has 15 heteroatoms. The molecule has 2 aromatic carbocycles. The van der Waals surface area contributed by atoms with Gasteiger partial charge in [0.15, 0.2) is 5.82 Å². The zero-order valence-corrected chi connectivity index (χ0v) is 22.5. The molecule has 0 fully saturated rings. The largest absolute Gasteiger partial charge is 0.461 e. The second-order valence-corrected chi connectivity index (χ2v) is 11.0. The first-order valence-corrected chi connectivity index (χ1v) is 13.5. The lowest BCUT2D eigenvalue weighted by Gasteiger charge is -2.16. The standard InChI is InChI=1S/C24H21F7N6S2/c1-12-5-14(3)18(7-16(12)36-10-32-21(34-36)9-20(25)26)38-39-19-8-17(13(2)6-15(19)4)37-11-33-22(35-37)23(27,28)24(29,30)31/h5-8,10-11,20H,9H2,1-4H3. The average Bonchev–Trinajstić information content (AvgIpc) is 3.49. The molecule has 208 valence electrons. The van der Waals surface area contributed by atoms with Gasteiger partial charge in [-0.25, -0.2) is 28.1 Å². The Morgan fingerprint density at radius 1 is 0.718 bits per heavy atom. The molecule has 6 nitrogen and oxygen atoms in total. The molecule has 0 unspecified atom stereocenters. The molecule has 2 aromatic heterocycles. The Labute approximate surface area is 226 Å². The molecular formula is C24H21F7N6S2. The molecular weight excluding hydrogens is 569 g/mol. The molecule has 39 heavy (non-hydrogen) atoms. The summed E-state index contributed by atoms with van der Waals surface area (Å²) in [6, 6.07) is 7.20. The van der Waals surface area contributed by atoms with E-state index in [1.54, 1.807) is 19.1 Å². The molecule has 0 saturated heterocycles. The first kappa shape index (κ1) is 28.9. The van der Waals surface area contributed by atoms with Crippen LogP contribution in [0.4, 0.5) is 30.7 Å². The van der Waals surface area contributed by atoms with Gasteiger partial charge in [-0.15, -0.1) is 5.10 Å². The van der Waals surface area contributed by atoms with Gasteiger partial charge >= 0.3 is 12.1 Å². The maximum atomic E-state index is 13.7. The third-order valence-corrected chi connectivity index (χ3v) is 8.36. The molecule has 0 aliphatic rings. The van der Waals surface area contributed by atoms with Gasteiger partial charge in [-0.3, -0.25) is 0 Å². The van der Waals surface area contributed by atoms with Gasteiger partial charge in [0.05, 0.1) is 17.8 Å². The highest BCUT2D eigenvalue weighted by Crippen LogP contribution is 2.44. The van der Waals surface area contributed by atoms with Crippen LogP contribution in [0.15, 0.2) is 46.7 Å². The van der Waals surface area contributed by atoms with E-state index in [0.717, 1.165) is 37.5 Å². The Morgan fingerprint density at radius 3 is 1.69 bits per heavy atom. The van der Waals surface area contributed by atoms with E-state index in [2.05, 4.69) is 20.2 Å². The minimum absolute atomic E-state index is 0.0284.